The second-order valence-corrected chi connectivity index (χ2v) is 6.71. The number of carbonyl (C=O) groups is 2. The van der Waals surface area contributed by atoms with Crippen LogP contribution in [0.5, 0.6) is 0 Å². The summed E-state index contributed by atoms with van der Waals surface area (Å²) in [5, 5.41) is 12.5. The highest BCUT2D eigenvalue weighted by molar-refractivity contribution is 7.15. The standard InChI is InChI=1S/C15H16N2O5S/c1-9-12(16-14(23-9)10-3-2-5-22-10)13(20)17-15(7-11(18)19)4-6-21-8-15/h2-3,5H,4,6-8H2,1H3,(H,17,20)(H,18,19). The van der Waals surface area contributed by atoms with E-state index in [2.05, 4.69) is 10.3 Å². The van der Waals surface area contributed by atoms with Crippen molar-refractivity contribution in [3.63, 3.8) is 0 Å². The zero-order valence-corrected chi connectivity index (χ0v) is 13.3. The molecule has 1 amide bonds. The van der Waals surface area contributed by atoms with Crippen LogP contribution in [0.15, 0.2) is 22.8 Å². The average Bonchev–Trinajstić information content (AvgIpc) is 3.18. The van der Waals surface area contributed by atoms with Crippen molar-refractivity contribution in [2.75, 3.05) is 13.2 Å². The van der Waals surface area contributed by atoms with Crippen LogP contribution in [0.2, 0.25) is 0 Å². The molecule has 0 spiro atoms. The maximum atomic E-state index is 12.5. The summed E-state index contributed by atoms with van der Waals surface area (Å²) in [6, 6.07) is 3.53. The first-order valence-corrected chi connectivity index (χ1v) is 7.94. The molecule has 2 aromatic heterocycles. The number of hydrogen-bond acceptors (Lipinski definition) is 6. The van der Waals surface area contributed by atoms with E-state index < -0.39 is 11.5 Å². The average molecular weight is 336 g/mol. The summed E-state index contributed by atoms with van der Waals surface area (Å²) in [5.74, 6) is -0.757. The highest BCUT2D eigenvalue weighted by atomic mass is 32.1. The Morgan fingerprint density at radius 1 is 1.52 bits per heavy atom. The van der Waals surface area contributed by atoms with Crippen LogP contribution in [-0.4, -0.2) is 40.7 Å². The van der Waals surface area contributed by atoms with Gasteiger partial charge in [0.05, 0.1) is 24.8 Å². The number of aromatic nitrogens is 1. The first kappa shape index (κ1) is 15.7. The predicted octanol–water partition coefficient (Wildman–Crippen LogP) is 2.08. The molecule has 0 bridgehead atoms. The van der Waals surface area contributed by atoms with Gasteiger partial charge in [-0.2, -0.15) is 0 Å². The number of rotatable bonds is 5. The number of carbonyl (C=O) groups excluding carboxylic acids is 1. The normalized spacial score (nSPS) is 20.6. The molecule has 0 aliphatic carbocycles. The Morgan fingerprint density at radius 3 is 2.96 bits per heavy atom. The largest absolute Gasteiger partial charge is 0.481 e. The third-order valence-corrected chi connectivity index (χ3v) is 4.70. The molecule has 0 radical (unpaired) electrons. The van der Waals surface area contributed by atoms with E-state index in [9.17, 15) is 9.59 Å². The summed E-state index contributed by atoms with van der Waals surface area (Å²) >= 11 is 1.36. The van der Waals surface area contributed by atoms with E-state index in [1.807, 2.05) is 0 Å². The number of aryl methyl sites for hydroxylation is 1. The minimum absolute atomic E-state index is 0.174. The Kier molecular flexibility index (Phi) is 4.18. The van der Waals surface area contributed by atoms with Crippen LogP contribution >= 0.6 is 11.3 Å². The number of hydrogen-bond donors (Lipinski definition) is 2. The molecule has 23 heavy (non-hydrogen) atoms. The van der Waals surface area contributed by atoms with Gasteiger partial charge in [-0.15, -0.1) is 11.3 Å². The van der Waals surface area contributed by atoms with Gasteiger partial charge >= 0.3 is 5.97 Å². The molecule has 8 heteroatoms. The third-order valence-electron chi connectivity index (χ3n) is 3.72. The molecule has 7 nitrogen and oxygen atoms in total. The van der Waals surface area contributed by atoms with Gasteiger partial charge in [0.15, 0.2) is 10.8 Å². The highest BCUT2D eigenvalue weighted by Gasteiger charge is 2.39. The molecule has 1 unspecified atom stereocenters. The fourth-order valence-corrected chi connectivity index (χ4v) is 3.47. The van der Waals surface area contributed by atoms with Crippen LogP contribution in [0.4, 0.5) is 0 Å². The summed E-state index contributed by atoms with van der Waals surface area (Å²) in [6.07, 6.45) is 1.84. The van der Waals surface area contributed by atoms with E-state index in [1.165, 1.54) is 11.3 Å². The number of carboxylic acid groups (broad SMARTS) is 1. The lowest BCUT2D eigenvalue weighted by Crippen LogP contribution is -2.50. The van der Waals surface area contributed by atoms with Crippen molar-refractivity contribution in [3.8, 4) is 10.8 Å². The molecule has 122 valence electrons. The molecule has 1 saturated heterocycles. The van der Waals surface area contributed by atoms with E-state index in [4.69, 9.17) is 14.3 Å². The fraction of sp³-hybridized carbons (Fsp3) is 0.400. The molecule has 2 aromatic rings. The second kappa shape index (κ2) is 6.13. The fourth-order valence-electron chi connectivity index (χ4n) is 2.59. The highest BCUT2D eigenvalue weighted by Crippen LogP contribution is 2.29. The Morgan fingerprint density at radius 2 is 2.35 bits per heavy atom. The van der Waals surface area contributed by atoms with Crippen LogP contribution in [-0.2, 0) is 9.53 Å². The number of aliphatic carboxylic acids is 1. The summed E-state index contributed by atoms with van der Waals surface area (Å²) in [4.78, 5) is 28.7. The van der Waals surface area contributed by atoms with Crippen LogP contribution in [0, 0.1) is 6.92 Å². The zero-order valence-electron chi connectivity index (χ0n) is 12.5. The molecule has 3 heterocycles. The van der Waals surface area contributed by atoms with Crippen LogP contribution in [0.1, 0.15) is 28.2 Å². The number of furan rings is 1. The van der Waals surface area contributed by atoms with Gasteiger partial charge < -0.3 is 19.6 Å². The molecule has 2 N–H and O–H groups in total. The number of thiazole rings is 1. The predicted molar refractivity (Wildman–Crippen MR) is 82.4 cm³/mol. The van der Waals surface area contributed by atoms with E-state index >= 15 is 0 Å². The van der Waals surface area contributed by atoms with Crippen molar-refractivity contribution in [1.29, 1.82) is 0 Å². The maximum Gasteiger partial charge on any atom is 0.305 e. The maximum absolute atomic E-state index is 12.5. The van der Waals surface area contributed by atoms with Gasteiger partial charge in [0.1, 0.15) is 5.69 Å². The van der Waals surface area contributed by atoms with Gasteiger partial charge in [-0.25, -0.2) is 4.98 Å². The molecule has 1 atom stereocenters. The molecular formula is C15H16N2O5S. The van der Waals surface area contributed by atoms with Crippen LogP contribution in [0.3, 0.4) is 0 Å². The molecule has 3 rings (SSSR count). The van der Waals surface area contributed by atoms with Gasteiger partial charge in [-0.1, -0.05) is 0 Å². The monoisotopic (exact) mass is 336 g/mol. The lowest BCUT2D eigenvalue weighted by molar-refractivity contribution is -0.138. The van der Waals surface area contributed by atoms with Crippen molar-refractivity contribution < 1.29 is 23.8 Å². The van der Waals surface area contributed by atoms with Crippen LogP contribution < -0.4 is 5.32 Å². The van der Waals surface area contributed by atoms with Crippen molar-refractivity contribution in [3.05, 3.63) is 29.0 Å². The summed E-state index contributed by atoms with van der Waals surface area (Å²) in [5.41, 5.74) is -0.581. The number of carboxylic acids is 1. The van der Waals surface area contributed by atoms with Gasteiger partial charge in [-0.3, -0.25) is 9.59 Å². The lowest BCUT2D eigenvalue weighted by atomic mass is 9.94. The number of amides is 1. The molecule has 0 saturated carbocycles. The Hall–Kier alpha value is -2.19. The van der Waals surface area contributed by atoms with Crippen molar-refractivity contribution in [2.24, 2.45) is 0 Å². The van der Waals surface area contributed by atoms with Crippen molar-refractivity contribution in [1.82, 2.24) is 10.3 Å². The quantitative estimate of drug-likeness (QED) is 0.867. The van der Waals surface area contributed by atoms with E-state index in [-0.39, 0.29) is 24.6 Å². The van der Waals surface area contributed by atoms with Gasteiger partial charge in [0.25, 0.3) is 5.91 Å². The Bertz CT molecular complexity index is 716. The zero-order chi connectivity index (χ0) is 16.4. The van der Waals surface area contributed by atoms with Crippen molar-refractivity contribution >= 4 is 23.2 Å². The van der Waals surface area contributed by atoms with Crippen molar-refractivity contribution in [2.45, 2.75) is 25.3 Å². The van der Waals surface area contributed by atoms with Gasteiger partial charge in [0, 0.05) is 11.5 Å². The first-order chi connectivity index (χ1) is 11.0. The molecular weight excluding hydrogens is 320 g/mol. The molecule has 1 aliphatic rings. The van der Waals surface area contributed by atoms with Crippen LogP contribution in [0.25, 0.3) is 10.8 Å². The van der Waals surface area contributed by atoms with Gasteiger partial charge in [0.2, 0.25) is 0 Å². The smallest absolute Gasteiger partial charge is 0.305 e. The Balaban J connectivity index is 1.81. The minimum Gasteiger partial charge on any atom is -0.481 e. The third kappa shape index (κ3) is 3.27. The minimum atomic E-state index is -0.970. The molecule has 0 aromatic carbocycles. The summed E-state index contributed by atoms with van der Waals surface area (Å²) in [6.45, 7) is 2.43. The second-order valence-electron chi connectivity index (χ2n) is 5.51. The van der Waals surface area contributed by atoms with E-state index in [0.717, 1.165) is 4.88 Å². The SMILES string of the molecule is Cc1sc(-c2ccco2)nc1C(=O)NC1(CC(=O)O)CCOC1. The first-order valence-electron chi connectivity index (χ1n) is 7.12. The topological polar surface area (TPSA) is 102 Å². The van der Waals surface area contributed by atoms with Gasteiger partial charge in [-0.05, 0) is 25.5 Å². The number of nitrogens with one attached hydrogen (secondary N) is 1. The summed E-state index contributed by atoms with van der Waals surface area (Å²) in [7, 11) is 0. The molecule has 1 fully saturated rings. The number of ether oxygens (including phenoxy) is 1. The van der Waals surface area contributed by atoms with E-state index in [0.29, 0.717) is 23.8 Å². The Labute approximate surface area is 136 Å². The lowest BCUT2D eigenvalue weighted by Gasteiger charge is -2.26. The summed E-state index contributed by atoms with van der Waals surface area (Å²) < 4.78 is 10.6. The molecule has 1 aliphatic heterocycles. The van der Waals surface area contributed by atoms with E-state index in [1.54, 1.807) is 25.3 Å². The number of nitrogens with zero attached hydrogens (tertiary/aromatic N) is 1.